The largest absolute Gasteiger partial charge is 0.382 e. The van der Waals surface area contributed by atoms with E-state index < -0.39 is 0 Å². The number of carbonyl (C=O) groups is 1. The van der Waals surface area contributed by atoms with Crippen molar-refractivity contribution in [2.75, 3.05) is 11.1 Å². The third-order valence-corrected chi connectivity index (χ3v) is 5.44. The van der Waals surface area contributed by atoms with E-state index in [9.17, 15) is 4.79 Å². The van der Waals surface area contributed by atoms with Crippen molar-refractivity contribution >= 4 is 28.4 Å². The van der Waals surface area contributed by atoms with Crippen molar-refractivity contribution in [2.24, 2.45) is 0 Å². The molecule has 1 aliphatic rings. The Morgan fingerprint density at radius 2 is 1.83 bits per heavy atom. The van der Waals surface area contributed by atoms with Crippen molar-refractivity contribution < 1.29 is 4.79 Å². The first-order chi connectivity index (χ1) is 14.2. The van der Waals surface area contributed by atoms with E-state index in [0.717, 1.165) is 47.2 Å². The zero-order chi connectivity index (χ0) is 19.8. The summed E-state index contributed by atoms with van der Waals surface area (Å²) in [5.74, 6) is 0.457. The summed E-state index contributed by atoms with van der Waals surface area (Å²) in [6.07, 6.45) is 5.03. The number of hydrogen-bond donors (Lipinski definition) is 2. The molecule has 0 spiro atoms. The van der Waals surface area contributed by atoms with Gasteiger partial charge in [0.2, 0.25) is 5.91 Å². The Morgan fingerprint density at radius 3 is 2.62 bits per heavy atom. The lowest BCUT2D eigenvalue weighted by Gasteiger charge is -2.12. The van der Waals surface area contributed by atoms with Gasteiger partial charge in [-0.25, -0.2) is 9.97 Å². The fourth-order valence-corrected chi connectivity index (χ4v) is 4.16. The number of fused-ring (bicyclic) bond motifs is 3. The molecule has 1 aliphatic carbocycles. The van der Waals surface area contributed by atoms with Gasteiger partial charge < -0.3 is 15.6 Å². The molecule has 2 heterocycles. The molecule has 4 aromatic rings. The number of anilines is 2. The molecule has 1 amide bonds. The van der Waals surface area contributed by atoms with Crippen LogP contribution in [-0.2, 0) is 24.1 Å². The zero-order valence-corrected chi connectivity index (χ0v) is 15.9. The third kappa shape index (κ3) is 3.12. The molecule has 0 saturated carbocycles. The second kappa shape index (κ2) is 7.05. The Balaban J connectivity index is 1.43. The summed E-state index contributed by atoms with van der Waals surface area (Å²) < 4.78 is 2.17. The second-order valence-electron chi connectivity index (χ2n) is 7.33. The molecule has 0 bridgehead atoms. The SMILES string of the molecule is Nc1ncnc2c3c(n(-c4ccc(NC(=O)Cc5ccccc5)cc4)c12)CCC3. The monoisotopic (exact) mass is 383 g/mol. The van der Waals surface area contributed by atoms with E-state index in [4.69, 9.17) is 5.73 Å². The van der Waals surface area contributed by atoms with Gasteiger partial charge in [0.1, 0.15) is 11.8 Å². The van der Waals surface area contributed by atoms with Gasteiger partial charge >= 0.3 is 0 Å². The topological polar surface area (TPSA) is 85.8 Å². The van der Waals surface area contributed by atoms with Crippen molar-refractivity contribution in [1.82, 2.24) is 14.5 Å². The highest BCUT2D eigenvalue weighted by atomic mass is 16.1. The predicted molar refractivity (Wildman–Crippen MR) is 114 cm³/mol. The minimum Gasteiger partial charge on any atom is -0.382 e. The normalized spacial score (nSPS) is 12.8. The van der Waals surface area contributed by atoms with Crippen LogP contribution in [0.4, 0.5) is 11.5 Å². The average Bonchev–Trinajstić information content (AvgIpc) is 3.31. The van der Waals surface area contributed by atoms with E-state index >= 15 is 0 Å². The maximum atomic E-state index is 12.3. The standard InChI is InChI=1S/C23H21N5O/c24-23-22-21(25-14-26-23)18-7-4-8-19(18)28(22)17-11-9-16(10-12-17)27-20(29)13-15-5-2-1-3-6-15/h1-3,5-6,9-12,14H,4,7-8,13H2,(H,27,29)(H2,24,25,26). The molecule has 0 saturated heterocycles. The van der Waals surface area contributed by atoms with Gasteiger partial charge in [0.05, 0.1) is 11.9 Å². The van der Waals surface area contributed by atoms with Crippen LogP contribution in [-0.4, -0.2) is 20.4 Å². The zero-order valence-electron chi connectivity index (χ0n) is 15.9. The molecular weight excluding hydrogens is 362 g/mol. The van der Waals surface area contributed by atoms with Gasteiger partial charge in [0.15, 0.2) is 5.82 Å². The van der Waals surface area contributed by atoms with Gasteiger partial charge in [-0.05, 0) is 54.7 Å². The third-order valence-electron chi connectivity index (χ3n) is 5.44. The molecule has 0 aliphatic heterocycles. The van der Waals surface area contributed by atoms with Crippen LogP contribution < -0.4 is 11.1 Å². The number of aromatic nitrogens is 3. The highest BCUT2D eigenvalue weighted by Crippen LogP contribution is 2.36. The smallest absolute Gasteiger partial charge is 0.228 e. The lowest BCUT2D eigenvalue weighted by atomic mass is 10.1. The van der Waals surface area contributed by atoms with Crippen LogP contribution in [0.25, 0.3) is 16.7 Å². The van der Waals surface area contributed by atoms with Crippen molar-refractivity contribution in [3.8, 4) is 5.69 Å². The van der Waals surface area contributed by atoms with E-state index in [2.05, 4.69) is 19.9 Å². The van der Waals surface area contributed by atoms with Crippen LogP contribution in [0.15, 0.2) is 60.9 Å². The average molecular weight is 383 g/mol. The number of aryl methyl sites for hydroxylation is 1. The lowest BCUT2D eigenvalue weighted by Crippen LogP contribution is -2.14. The highest BCUT2D eigenvalue weighted by Gasteiger charge is 2.25. The Hall–Kier alpha value is -3.67. The number of benzene rings is 2. The number of nitrogen functional groups attached to an aromatic ring is 1. The Bertz CT molecular complexity index is 1200. The first-order valence-corrected chi connectivity index (χ1v) is 9.77. The number of carbonyl (C=O) groups excluding carboxylic acids is 1. The van der Waals surface area contributed by atoms with Crippen LogP contribution in [0.3, 0.4) is 0 Å². The first-order valence-electron chi connectivity index (χ1n) is 9.77. The fourth-order valence-electron chi connectivity index (χ4n) is 4.16. The van der Waals surface area contributed by atoms with E-state index in [1.807, 2.05) is 54.6 Å². The van der Waals surface area contributed by atoms with E-state index in [1.54, 1.807) is 0 Å². The minimum absolute atomic E-state index is 0.0334. The molecule has 2 aromatic carbocycles. The molecule has 0 fully saturated rings. The number of nitrogens with one attached hydrogen (secondary N) is 1. The van der Waals surface area contributed by atoms with Gasteiger partial charge in [-0.15, -0.1) is 0 Å². The van der Waals surface area contributed by atoms with Gasteiger partial charge in [0.25, 0.3) is 0 Å². The molecule has 3 N–H and O–H groups in total. The lowest BCUT2D eigenvalue weighted by molar-refractivity contribution is -0.115. The molecule has 5 rings (SSSR count). The maximum Gasteiger partial charge on any atom is 0.228 e. The summed E-state index contributed by atoms with van der Waals surface area (Å²) in [7, 11) is 0. The predicted octanol–water partition coefficient (Wildman–Crippen LogP) is 3.67. The van der Waals surface area contributed by atoms with E-state index in [0.29, 0.717) is 12.2 Å². The number of hydrogen-bond acceptors (Lipinski definition) is 4. The van der Waals surface area contributed by atoms with Crippen molar-refractivity contribution in [2.45, 2.75) is 25.7 Å². The summed E-state index contributed by atoms with van der Waals surface area (Å²) in [4.78, 5) is 21.0. The molecule has 6 nitrogen and oxygen atoms in total. The molecule has 0 unspecified atom stereocenters. The summed E-state index contributed by atoms with van der Waals surface area (Å²) in [6.45, 7) is 0. The molecule has 0 atom stereocenters. The van der Waals surface area contributed by atoms with Crippen LogP contribution in [0.2, 0.25) is 0 Å². The summed E-state index contributed by atoms with van der Waals surface area (Å²) >= 11 is 0. The van der Waals surface area contributed by atoms with Crippen molar-refractivity contribution in [3.63, 3.8) is 0 Å². The van der Waals surface area contributed by atoms with Crippen molar-refractivity contribution in [3.05, 3.63) is 77.7 Å². The van der Waals surface area contributed by atoms with Gasteiger partial charge in [-0.3, -0.25) is 4.79 Å². The van der Waals surface area contributed by atoms with E-state index in [1.165, 1.54) is 17.6 Å². The summed E-state index contributed by atoms with van der Waals surface area (Å²) in [5.41, 5.74) is 13.3. The molecule has 0 radical (unpaired) electrons. The van der Waals surface area contributed by atoms with Gasteiger partial charge in [-0.2, -0.15) is 0 Å². The number of rotatable bonds is 4. The minimum atomic E-state index is -0.0334. The fraction of sp³-hybridized carbons (Fsp3) is 0.174. The van der Waals surface area contributed by atoms with E-state index in [-0.39, 0.29) is 5.91 Å². The second-order valence-corrected chi connectivity index (χ2v) is 7.33. The number of nitrogens with two attached hydrogens (primary N) is 1. The molecule has 144 valence electrons. The Labute approximate surface area is 168 Å². The van der Waals surface area contributed by atoms with Crippen LogP contribution in [0.5, 0.6) is 0 Å². The van der Waals surface area contributed by atoms with Crippen molar-refractivity contribution in [1.29, 1.82) is 0 Å². The molecule has 6 heteroatoms. The molecular formula is C23H21N5O. The first kappa shape index (κ1) is 17.4. The molecule has 2 aromatic heterocycles. The highest BCUT2D eigenvalue weighted by molar-refractivity contribution is 5.93. The summed E-state index contributed by atoms with van der Waals surface area (Å²) in [6, 6.07) is 17.6. The molecule has 29 heavy (non-hydrogen) atoms. The maximum absolute atomic E-state index is 12.3. The van der Waals surface area contributed by atoms with Crippen LogP contribution in [0, 0.1) is 0 Å². The van der Waals surface area contributed by atoms with Gasteiger partial charge in [0, 0.05) is 17.1 Å². The summed E-state index contributed by atoms with van der Waals surface area (Å²) in [5, 5.41) is 2.97. The number of amides is 1. The number of nitrogens with zero attached hydrogens (tertiary/aromatic N) is 3. The Morgan fingerprint density at radius 1 is 1.03 bits per heavy atom. The Kier molecular flexibility index (Phi) is 4.24. The van der Waals surface area contributed by atoms with Gasteiger partial charge in [-0.1, -0.05) is 30.3 Å². The van der Waals surface area contributed by atoms with Crippen LogP contribution in [0.1, 0.15) is 23.2 Å². The quantitative estimate of drug-likeness (QED) is 0.563. The van der Waals surface area contributed by atoms with Crippen LogP contribution >= 0.6 is 0 Å².